The lowest BCUT2D eigenvalue weighted by Crippen LogP contribution is -2.50. The molecule has 23 heavy (non-hydrogen) atoms. The van der Waals surface area contributed by atoms with Gasteiger partial charge in [-0.25, -0.2) is 0 Å². The van der Waals surface area contributed by atoms with Crippen LogP contribution in [-0.2, 0) is 4.74 Å². The number of hydrogen-bond donors (Lipinski definition) is 1. The molecule has 0 amide bonds. The zero-order valence-electron chi connectivity index (χ0n) is 15.6. The van der Waals surface area contributed by atoms with Crippen molar-refractivity contribution >= 4 is 5.96 Å². The fraction of sp³-hybridized carbons (Fsp3) is 0.944. The predicted octanol–water partition coefficient (Wildman–Crippen LogP) is 1.90. The third-order valence-corrected chi connectivity index (χ3v) is 5.25. The molecule has 0 saturated carbocycles. The Morgan fingerprint density at radius 2 is 1.83 bits per heavy atom. The van der Waals surface area contributed by atoms with E-state index in [2.05, 4.69) is 34.0 Å². The summed E-state index contributed by atoms with van der Waals surface area (Å²) in [5.41, 5.74) is 0. The van der Waals surface area contributed by atoms with Gasteiger partial charge in [-0.2, -0.15) is 0 Å². The number of rotatable bonds is 5. The predicted molar refractivity (Wildman–Crippen MR) is 96.9 cm³/mol. The lowest BCUT2D eigenvalue weighted by molar-refractivity contribution is 0.120. The lowest BCUT2D eigenvalue weighted by Gasteiger charge is -2.38. The van der Waals surface area contributed by atoms with E-state index in [4.69, 9.17) is 4.74 Å². The van der Waals surface area contributed by atoms with Crippen LogP contribution in [0.15, 0.2) is 4.99 Å². The monoisotopic (exact) mass is 324 g/mol. The molecule has 0 spiro atoms. The van der Waals surface area contributed by atoms with Crippen LogP contribution in [0, 0.1) is 17.8 Å². The summed E-state index contributed by atoms with van der Waals surface area (Å²) < 4.78 is 5.17. The molecule has 2 rings (SSSR count). The molecule has 0 aliphatic carbocycles. The minimum atomic E-state index is 0.765. The van der Waals surface area contributed by atoms with Crippen LogP contribution in [0.4, 0.5) is 0 Å². The zero-order valence-corrected chi connectivity index (χ0v) is 15.6. The molecule has 2 unspecified atom stereocenters. The molecular formula is C18H36N4O. The van der Waals surface area contributed by atoms with Crippen LogP contribution in [0.5, 0.6) is 0 Å². The smallest absolute Gasteiger partial charge is 0.193 e. The summed E-state index contributed by atoms with van der Waals surface area (Å²) in [6.07, 6.45) is 3.90. The van der Waals surface area contributed by atoms with E-state index in [1.54, 1.807) is 7.11 Å². The van der Waals surface area contributed by atoms with Gasteiger partial charge < -0.3 is 19.9 Å². The SMILES string of the molecule is CN=C(NCC1CCN(CCOC)CC1)N1CC(C)CC(C)C1. The van der Waals surface area contributed by atoms with Gasteiger partial charge in [0.25, 0.3) is 0 Å². The van der Waals surface area contributed by atoms with Crippen molar-refractivity contribution in [3.63, 3.8) is 0 Å². The number of aliphatic imine (C=N–C) groups is 1. The van der Waals surface area contributed by atoms with Crippen LogP contribution < -0.4 is 5.32 Å². The second-order valence-corrected chi connectivity index (χ2v) is 7.56. The largest absolute Gasteiger partial charge is 0.383 e. The number of methoxy groups -OCH3 is 1. The normalized spacial score (nSPS) is 28.2. The molecule has 0 radical (unpaired) electrons. The highest BCUT2D eigenvalue weighted by Gasteiger charge is 2.25. The molecule has 2 saturated heterocycles. The second-order valence-electron chi connectivity index (χ2n) is 7.56. The van der Waals surface area contributed by atoms with Crippen molar-refractivity contribution < 1.29 is 4.74 Å². The molecule has 134 valence electrons. The summed E-state index contributed by atoms with van der Waals surface area (Å²) in [4.78, 5) is 9.49. The van der Waals surface area contributed by atoms with Crippen molar-refractivity contribution in [3.8, 4) is 0 Å². The number of piperidine rings is 2. The van der Waals surface area contributed by atoms with Crippen LogP contribution in [0.2, 0.25) is 0 Å². The molecule has 5 nitrogen and oxygen atoms in total. The molecule has 0 aromatic heterocycles. The molecule has 2 heterocycles. The summed E-state index contributed by atoms with van der Waals surface area (Å²) in [6.45, 7) is 12.4. The summed E-state index contributed by atoms with van der Waals surface area (Å²) in [7, 11) is 3.70. The third kappa shape index (κ3) is 5.96. The Balaban J connectivity index is 1.72. The van der Waals surface area contributed by atoms with E-state index in [1.807, 2.05) is 7.05 Å². The minimum Gasteiger partial charge on any atom is -0.383 e. The Kier molecular flexibility index (Phi) is 7.63. The van der Waals surface area contributed by atoms with Crippen LogP contribution in [0.1, 0.15) is 33.1 Å². The van der Waals surface area contributed by atoms with Gasteiger partial charge in [-0.1, -0.05) is 13.8 Å². The molecule has 0 aromatic rings. The van der Waals surface area contributed by atoms with Gasteiger partial charge in [-0.15, -0.1) is 0 Å². The maximum atomic E-state index is 5.17. The standard InChI is InChI=1S/C18H36N4O/c1-15-11-16(2)14-22(13-15)18(19-3)20-12-17-5-7-21(8-6-17)9-10-23-4/h15-17H,5-14H2,1-4H3,(H,19,20). The molecule has 2 aliphatic rings. The van der Waals surface area contributed by atoms with Gasteiger partial charge in [0, 0.05) is 40.3 Å². The van der Waals surface area contributed by atoms with E-state index in [0.717, 1.165) is 56.5 Å². The first-order valence-electron chi connectivity index (χ1n) is 9.29. The van der Waals surface area contributed by atoms with Gasteiger partial charge in [0.1, 0.15) is 0 Å². The molecule has 2 fully saturated rings. The fourth-order valence-corrected chi connectivity index (χ4v) is 4.04. The summed E-state index contributed by atoms with van der Waals surface area (Å²) in [6, 6.07) is 0. The highest BCUT2D eigenvalue weighted by Crippen LogP contribution is 2.21. The summed E-state index contributed by atoms with van der Waals surface area (Å²) in [5.74, 6) is 3.40. The first-order valence-corrected chi connectivity index (χ1v) is 9.29. The quantitative estimate of drug-likeness (QED) is 0.619. The van der Waals surface area contributed by atoms with E-state index in [9.17, 15) is 0 Å². The average Bonchev–Trinajstić information content (AvgIpc) is 2.54. The number of hydrogen-bond acceptors (Lipinski definition) is 3. The lowest BCUT2D eigenvalue weighted by atomic mass is 9.92. The number of guanidine groups is 1. The van der Waals surface area contributed by atoms with Crippen LogP contribution in [0.25, 0.3) is 0 Å². The van der Waals surface area contributed by atoms with Gasteiger partial charge >= 0.3 is 0 Å². The zero-order chi connectivity index (χ0) is 16.7. The molecule has 1 N–H and O–H groups in total. The Labute approximate surface area is 142 Å². The second kappa shape index (κ2) is 9.48. The van der Waals surface area contributed by atoms with Gasteiger partial charge in [0.15, 0.2) is 5.96 Å². The van der Waals surface area contributed by atoms with Crippen molar-refractivity contribution in [2.75, 3.05) is 60.0 Å². The highest BCUT2D eigenvalue weighted by molar-refractivity contribution is 5.80. The number of nitrogens with one attached hydrogen (secondary N) is 1. The maximum Gasteiger partial charge on any atom is 0.193 e. The van der Waals surface area contributed by atoms with E-state index in [0.29, 0.717) is 0 Å². The van der Waals surface area contributed by atoms with Gasteiger partial charge in [0.2, 0.25) is 0 Å². The highest BCUT2D eigenvalue weighted by atomic mass is 16.5. The summed E-state index contributed by atoms with van der Waals surface area (Å²) >= 11 is 0. The van der Waals surface area contributed by atoms with Crippen LogP contribution in [0.3, 0.4) is 0 Å². The van der Waals surface area contributed by atoms with E-state index in [1.165, 1.54) is 32.4 Å². The van der Waals surface area contributed by atoms with Crippen molar-refractivity contribution in [2.24, 2.45) is 22.7 Å². The Morgan fingerprint density at radius 1 is 1.17 bits per heavy atom. The third-order valence-electron chi connectivity index (χ3n) is 5.25. The fourth-order valence-electron chi connectivity index (χ4n) is 4.04. The molecular weight excluding hydrogens is 288 g/mol. The molecule has 2 atom stereocenters. The number of ether oxygens (including phenoxy) is 1. The van der Waals surface area contributed by atoms with Crippen molar-refractivity contribution in [3.05, 3.63) is 0 Å². The van der Waals surface area contributed by atoms with Crippen LogP contribution in [-0.4, -0.2) is 75.8 Å². The number of likely N-dealkylation sites (tertiary alicyclic amines) is 2. The van der Waals surface area contributed by atoms with Gasteiger partial charge in [-0.05, 0) is 50.1 Å². The average molecular weight is 325 g/mol. The topological polar surface area (TPSA) is 40.1 Å². The van der Waals surface area contributed by atoms with Crippen molar-refractivity contribution in [1.29, 1.82) is 0 Å². The van der Waals surface area contributed by atoms with Gasteiger partial charge in [-0.3, -0.25) is 4.99 Å². The molecule has 0 aromatic carbocycles. The van der Waals surface area contributed by atoms with E-state index in [-0.39, 0.29) is 0 Å². The van der Waals surface area contributed by atoms with Crippen molar-refractivity contribution in [2.45, 2.75) is 33.1 Å². The Bertz CT molecular complexity index is 356. The van der Waals surface area contributed by atoms with Gasteiger partial charge in [0.05, 0.1) is 6.61 Å². The van der Waals surface area contributed by atoms with Crippen LogP contribution >= 0.6 is 0 Å². The van der Waals surface area contributed by atoms with E-state index < -0.39 is 0 Å². The minimum absolute atomic E-state index is 0.765. The summed E-state index contributed by atoms with van der Waals surface area (Å²) in [5, 5.41) is 3.64. The number of nitrogens with zero attached hydrogens (tertiary/aromatic N) is 3. The Morgan fingerprint density at radius 3 is 2.39 bits per heavy atom. The van der Waals surface area contributed by atoms with Crippen molar-refractivity contribution in [1.82, 2.24) is 15.1 Å². The first kappa shape index (κ1) is 18.5. The maximum absolute atomic E-state index is 5.17. The molecule has 2 aliphatic heterocycles. The molecule has 0 bridgehead atoms. The first-order chi connectivity index (χ1) is 11.1. The Hall–Kier alpha value is -0.810. The van der Waals surface area contributed by atoms with E-state index >= 15 is 0 Å². The molecule has 5 heteroatoms.